The first-order valence-corrected chi connectivity index (χ1v) is 7.28. The Bertz CT molecular complexity index is 519. The highest BCUT2D eigenvalue weighted by Crippen LogP contribution is 2.13. The molecule has 0 bridgehead atoms. The summed E-state index contributed by atoms with van der Waals surface area (Å²) in [4.78, 5) is 30.2. The number of aliphatic carboxylic acids is 2. The second kappa shape index (κ2) is 9.96. The summed E-state index contributed by atoms with van der Waals surface area (Å²) in [6.45, 7) is -0.222. The molecule has 23 heavy (non-hydrogen) atoms. The van der Waals surface area contributed by atoms with E-state index in [9.17, 15) is 31.2 Å². The summed E-state index contributed by atoms with van der Waals surface area (Å²) in [6, 6.07) is -1.12. The molecule has 1 amide bonds. The van der Waals surface area contributed by atoms with Crippen molar-refractivity contribution in [2.75, 3.05) is 12.3 Å². The molecule has 0 rings (SSSR count). The van der Waals surface area contributed by atoms with Crippen LogP contribution in [-0.4, -0.2) is 65.5 Å². The van der Waals surface area contributed by atoms with Gasteiger partial charge in [-0.15, -0.1) is 0 Å². The van der Waals surface area contributed by atoms with E-state index < -0.39 is 45.9 Å². The van der Waals surface area contributed by atoms with E-state index in [2.05, 4.69) is 5.32 Å². The Morgan fingerprint density at radius 1 is 1.17 bits per heavy atom. The third-order valence-electron chi connectivity index (χ3n) is 1.92. The number of carbonyl (C=O) groups is 3. The molecule has 0 radical (unpaired) electrons. The van der Waals surface area contributed by atoms with Gasteiger partial charge < -0.3 is 21.3 Å². The lowest BCUT2D eigenvalue weighted by Gasteiger charge is -2.06. The second-order valence-electron chi connectivity index (χ2n) is 3.92. The normalized spacial score (nSPS) is 12.6. The molecule has 0 fully saturated rings. The summed E-state index contributed by atoms with van der Waals surface area (Å²) in [6.07, 6.45) is -5.23. The van der Waals surface area contributed by atoms with Crippen molar-refractivity contribution in [3.63, 3.8) is 0 Å². The lowest BCUT2D eigenvalue weighted by atomic mass is 10.1. The van der Waals surface area contributed by atoms with Crippen LogP contribution in [0.15, 0.2) is 0 Å². The van der Waals surface area contributed by atoms with E-state index >= 15 is 0 Å². The summed E-state index contributed by atoms with van der Waals surface area (Å²) >= 11 is 0. The van der Waals surface area contributed by atoms with Crippen molar-refractivity contribution in [2.24, 2.45) is 5.73 Å². The Labute approximate surface area is 128 Å². The average molecular weight is 368 g/mol. The van der Waals surface area contributed by atoms with Gasteiger partial charge in [-0.05, 0) is 6.42 Å². The number of carboxylic acid groups (broad SMARTS) is 2. The quantitative estimate of drug-likeness (QED) is 0.345. The summed E-state index contributed by atoms with van der Waals surface area (Å²) in [5.41, 5.74) is 5.15. The van der Waals surface area contributed by atoms with Gasteiger partial charge in [0.05, 0.1) is 5.75 Å². The minimum Gasteiger partial charge on any atom is -0.480 e. The molecule has 0 aliphatic heterocycles. The molecule has 0 aliphatic rings. The lowest BCUT2D eigenvalue weighted by molar-refractivity contribution is -0.192. The molecule has 0 spiro atoms. The average Bonchev–Trinajstić information content (AvgIpc) is 2.33. The summed E-state index contributed by atoms with van der Waals surface area (Å²) in [5.74, 6) is -5.05. The number of hydrogen-bond acceptors (Lipinski definition) is 6. The zero-order chi connectivity index (χ0) is 18.8. The van der Waals surface area contributed by atoms with Gasteiger partial charge in [0, 0.05) is 13.0 Å². The van der Waals surface area contributed by atoms with Crippen LogP contribution in [0, 0.1) is 0 Å². The third kappa shape index (κ3) is 16.3. The molecule has 0 aromatic heterocycles. The lowest BCUT2D eigenvalue weighted by Crippen LogP contribution is -2.34. The van der Waals surface area contributed by atoms with Crippen molar-refractivity contribution in [1.29, 1.82) is 0 Å². The monoisotopic (exact) mass is 368 g/mol. The number of carboxylic acids is 2. The predicted octanol–water partition coefficient (Wildman–Crippen LogP) is -1.18. The maximum atomic E-state index is 11.0. The molecule has 0 unspecified atom stereocenters. The highest BCUT2D eigenvalue weighted by atomic mass is 32.2. The third-order valence-corrected chi connectivity index (χ3v) is 2.64. The molecule has 0 aromatic rings. The second-order valence-corrected chi connectivity index (χ2v) is 5.49. The van der Waals surface area contributed by atoms with Gasteiger partial charge in [-0.1, -0.05) is 0 Å². The maximum Gasteiger partial charge on any atom is 0.490 e. The summed E-state index contributed by atoms with van der Waals surface area (Å²) in [7, 11) is -4.10. The van der Waals surface area contributed by atoms with E-state index in [1.807, 2.05) is 0 Å². The van der Waals surface area contributed by atoms with E-state index in [1.54, 1.807) is 0 Å². The zero-order valence-electron chi connectivity index (χ0n) is 11.4. The van der Waals surface area contributed by atoms with E-state index in [4.69, 9.17) is 25.3 Å². The van der Waals surface area contributed by atoms with Gasteiger partial charge in [-0.25, -0.2) is 4.79 Å². The smallest absolute Gasteiger partial charge is 0.480 e. The van der Waals surface area contributed by atoms with E-state index in [-0.39, 0.29) is 19.4 Å². The fourth-order valence-corrected chi connectivity index (χ4v) is 1.18. The van der Waals surface area contributed by atoms with Crippen molar-refractivity contribution < 1.29 is 50.7 Å². The first-order valence-electron chi connectivity index (χ1n) is 5.67. The Balaban J connectivity index is 0. The van der Waals surface area contributed by atoms with Crippen LogP contribution in [0.1, 0.15) is 12.8 Å². The molecule has 14 heteroatoms. The van der Waals surface area contributed by atoms with Crippen LogP contribution < -0.4 is 11.1 Å². The van der Waals surface area contributed by atoms with Crippen molar-refractivity contribution in [3.8, 4) is 0 Å². The Kier molecular flexibility index (Phi) is 10.1. The molecular weight excluding hydrogens is 353 g/mol. The predicted molar refractivity (Wildman–Crippen MR) is 68.0 cm³/mol. The first kappa shape index (κ1) is 23.3. The molecule has 136 valence electrons. The molecule has 0 aromatic carbocycles. The van der Waals surface area contributed by atoms with Crippen LogP contribution in [0.4, 0.5) is 13.2 Å². The van der Waals surface area contributed by atoms with Gasteiger partial charge in [-0.3, -0.25) is 14.1 Å². The summed E-state index contributed by atoms with van der Waals surface area (Å²) in [5, 5.41) is 17.7. The Morgan fingerprint density at radius 2 is 1.61 bits per heavy atom. The highest BCUT2D eigenvalue weighted by Gasteiger charge is 2.38. The number of halogens is 3. The van der Waals surface area contributed by atoms with Gasteiger partial charge in [0.15, 0.2) is 0 Å². The van der Waals surface area contributed by atoms with Gasteiger partial charge in [0.2, 0.25) is 5.91 Å². The molecule has 0 heterocycles. The number of amides is 1. The van der Waals surface area contributed by atoms with Crippen molar-refractivity contribution in [3.05, 3.63) is 0 Å². The number of alkyl halides is 3. The number of carbonyl (C=O) groups excluding carboxylic acids is 1. The fourth-order valence-electron chi connectivity index (χ4n) is 0.818. The van der Waals surface area contributed by atoms with Gasteiger partial charge in [0.1, 0.15) is 6.04 Å². The fraction of sp³-hybridized carbons (Fsp3) is 0.667. The Morgan fingerprint density at radius 3 is 1.91 bits per heavy atom. The molecule has 10 nitrogen and oxygen atoms in total. The van der Waals surface area contributed by atoms with Gasteiger partial charge in [0.25, 0.3) is 10.1 Å². The number of rotatable bonds is 7. The highest BCUT2D eigenvalue weighted by molar-refractivity contribution is 7.85. The molecule has 0 saturated carbocycles. The minimum absolute atomic E-state index is 0.0347. The van der Waals surface area contributed by atoms with Crippen LogP contribution in [0.5, 0.6) is 0 Å². The van der Waals surface area contributed by atoms with E-state index in [0.717, 1.165) is 0 Å². The van der Waals surface area contributed by atoms with Crippen LogP contribution in [0.25, 0.3) is 0 Å². The van der Waals surface area contributed by atoms with Gasteiger partial charge >= 0.3 is 18.1 Å². The number of hydrogen-bond donors (Lipinski definition) is 5. The number of nitrogens with one attached hydrogen (secondary N) is 1. The van der Waals surface area contributed by atoms with Gasteiger partial charge in [-0.2, -0.15) is 21.6 Å². The topological polar surface area (TPSA) is 184 Å². The molecular formula is C9H15F3N2O8S. The van der Waals surface area contributed by atoms with Crippen molar-refractivity contribution in [1.82, 2.24) is 5.32 Å². The Hall–Kier alpha value is -1.93. The van der Waals surface area contributed by atoms with Crippen LogP contribution in [-0.2, 0) is 24.5 Å². The molecule has 0 saturated heterocycles. The zero-order valence-corrected chi connectivity index (χ0v) is 12.2. The van der Waals surface area contributed by atoms with E-state index in [0.29, 0.717) is 0 Å². The minimum atomic E-state index is -5.08. The van der Waals surface area contributed by atoms with Crippen LogP contribution in [0.3, 0.4) is 0 Å². The standard InChI is InChI=1S/C7H14N2O6S.C2HF3O2/c8-5(7(11)12)1-2-6(10)9-3-4-16(13,14)15;3-2(4,5)1(6)7/h5H,1-4,8H2,(H,9,10)(H,11,12)(H,13,14,15);(H,6,7)/t5-;/m0./s1. The molecule has 6 N–H and O–H groups in total. The molecule has 0 aliphatic carbocycles. The van der Waals surface area contributed by atoms with Crippen molar-refractivity contribution in [2.45, 2.75) is 25.1 Å². The summed E-state index contributed by atoms with van der Waals surface area (Å²) < 4.78 is 60.6. The number of nitrogens with two attached hydrogens (primary N) is 1. The van der Waals surface area contributed by atoms with Crippen LogP contribution in [0.2, 0.25) is 0 Å². The molecule has 1 atom stereocenters. The SMILES string of the molecule is N[C@@H](CCC(=O)NCCS(=O)(=O)O)C(=O)O.O=C(O)C(F)(F)F. The first-order chi connectivity index (χ1) is 10.2. The maximum absolute atomic E-state index is 11.0. The van der Waals surface area contributed by atoms with Crippen LogP contribution >= 0.6 is 0 Å². The largest absolute Gasteiger partial charge is 0.490 e. The van der Waals surface area contributed by atoms with Crippen molar-refractivity contribution >= 4 is 28.0 Å². The van der Waals surface area contributed by atoms with E-state index in [1.165, 1.54) is 0 Å².